The van der Waals surface area contributed by atoms with Gasteiger partial charge in [-0.1, -0.05) is 20.8 Å². The summed E-state index contributed by atoms with van der Waals surface area (Å²) in [6.07, 6.45) is 3.22. The summed E-state index contributed by atoms with van der Waals surface area (Å²) in [6.45, 7) is 6.38. The van der Waals surface area contributed by atoms with E-state index in [2.05, 4.69) is 13.8 Å². The van der Waals surface area contributed by atoms with Crippen molar-refractivity contribution in [1.29, 1.82) is 0 Å². The predicted molar refractivity (Wildman–Crippen MR) is 57.7 cm³/mol. The van der Waals surface area contributed by atoms with Crippen LogP contribution in [-0.2, 0) is 0 Å². The van der Waals surface area contributed by atoms with Crippen LogP contribution in [0.3, 0.4) is 0 Å². The molecule has 0 rings (SSSR count). The highest BCUT2D eigenvalue weighted by molar-refractivity contribution is 7.99. The summed E-state index contributed by atoms with van der Waals surface area (Å²) in [5.74, 6) is 2.94. The average Bonchev–Trinajstić information content (AvgIpc) is 2.10. The van der Waals surface area contributed by atoms with Gasteiger partial charge in [0.2, 0.25) is 0 Å². The molecule has 0 aliphatic rings. The topological polar surface area (TPSA) is 20.2 Å². The highest BCUT2D eigenvalue weighted by Crippen LogP contribution is 2.15. The summed E-state index contributed by atoms with van der Waals surface area (Å²) in [6, 6.07) is 0. The molecule has 0 bridgehead atoms. The van der Waals surface area contributed by atoms with Gasteiger partial charge in [-0.25, -0.2) is 0 Å². The smallest absolute Gasteiger partial charge is 0.0563 e. The largest absolute Gasteiger partial charge is 0.393 e. The predicted octanol–water partition coefficient (Wildman–Crippen LogP) is 2.93. The van der Waals surface area contributed by atoms with Crippen LogP contribution in [0.25, 0.3) is 0 Å². The first-order chi connectivity index (χ1) is 5.72. The van der Waals surface area contributed by atoms with Gasteiger partial charge in [0.25, 0.3) is 0 Å². The van der Waals surface area contributed by atoms with Gasteiger partial charge >= 0.3 is 0 Å². The SMILES string of the molecule is CCSCCCC(C)C(O)CC. The van der Waals surface area contributed by atoms with Crippen molar-refractivity contribution in [2.45, 2.75) is 46.1 Å². The quantitative estimate of drug-likeness (QED) is 0.623. The Morgan fingerprint density at radius 2 is 2.00 bits per heavy atom. The van der Waals surface area contributed by atoms with Gasteiger partial charge in [0.05, 0.1) is 6.10 Å². The molecule has 0 saturated carbocycles. The van der Waals surface area contributed by atoms with Gasteiger partial charge in [0.1, 0.15) is 0 Å². The zero-order valence-electron chi connectivity index (χ0n) is 8.55. The van der Waals surface area contributed by atoms with Gasteiger partial charge in [-0.2, -0.15) is 11.8 Å². The van der Waals surface area contributed by atoms with Crippen molar-refractivity contribution in [3.05, 3.63) is 0 Å². The molecule has 0 saturated heterocycles. The van der Waals surface area contributed by atoms with Crippen LogP contribution >= 0.6 is 11.8 Å². The van der Waals surface area contributed by atoms with E-state index in [0.29, 0.717) is 5.92 Å². The van der Waals surface area contributed by atoms with Crippen LogP contribution in [-0.4, -0.2) is 22.7 Å². The molecule has 0 fully saturated rings. The van der Waals surface area contributed by atoms with Crippen molar-refractivity contribution in [1.82, 2.24) is 0 Å². The fourth-order valence-electron chi connectivity index (χ4n) is 1.25. The molecule has 74 valence electrons. The molecule has 1 nitrogen and oxygen atoms in total. The molecule has 0 heterocycles. The van der Waals surface area contributed by atoms with E-state index in [0.717, 1.165) is 6.42 Å². The normalized spacial score (nSPS) is 16.0. The molecule has 12 heavy (non-hydrogen) atoms. The highest BCUT2D eigenvalue weighted by Gasteiger charge is 2.10. The van der Waals surface area contributed by atoms with Gasteiger partial charge in [-0.05, 0) is 36.7 Å². The van der Waals surface area contributed by atoms with Crippen LogP contribution in [0.1, 0.15) is 40.0 Å². The summed E-state index contributed by atoms with van der Waals surface area (Å²) in [5, 5.41) is 9.48. The van der Waals surface area contributed by atoms with E-state index in [1.807, 2.05) is 18.7 Å². The first kappa shape index (κ1) is 12.3. The maximum absolute atomic E-state index is 9.48. The molecule has 0 radical (unpaired) electrons. The minimum absolute atomic E-state index is 0.0865. The molecule has 0 aliphatic heterocycles. The third kappa shape index (κ3) is 5.90. The Labute approximate surface area is 80.9 Å². The van der Waals surface area contributed by atoms with Crippen molar-refractivity contribution in [2.24, 2.45) is 5.92 Å². The van der Waals surface area contributed by atoms with Gasteiger partial charge < -0.3 is 5.11 Å². The van der Waals surface area contributed by atoms with E-state index in [1.54, 1.807) is 0 Å². The number of thioether (sulfide) groups is 1. The van der Waals surface area contributed by atoms with Crippen LogP contribution in [0.15, 0.2) is 0 Å². The summed E-state index contributed by atoms with van der Waals surface area (Å²) in [4.78, 5) is 0. The van der Waals surface area contributed by atoms with Crippen LogP contribution in [0, 0.1) is 5.92 Å². The van der Waals surface area contributed by atoms with E-state index >= 15 is 0 Å². The van der Waals surface area contributed by atoms with Crippen molar-refractivity contribution >= 4 is 11.8 Å². The standard InChI is InChI=1S/C10H22OS/c1-4-10(11)9(3)7-6-8-12-5-2/h9-11H,4-8H2,1-3H3. The molecule has 0 aromatic carbocycles. The Balaban J connectivity index is 3.24. The van der Waals surface area contributed by atoms with Crippen LogP contribution < -0.4 is 0 Å². The minimum Gasteiger partial charge on any atom is -0.393 e. The fourth-order valence-corrected chi connectivity index (χ4v) is 1.91. The first-order valence-electron chi connectivity index (χ1n) is 4.98. The van der Waals surface area contributed by atoms with E-state index in [-0.39, 0.29) is 6.10 Å². The molecule has 1 N–H and O–H groups in total. The summed E-state index contributed by atoms with van der Waals surface area (Å²) in [7, 11) is 0. The molecule has 0 aliphatic carbocycles. The molecule has 2 atom stereocenters. The third-order valence-electron chi connectivity index (χ3n) is 2.23. The van der Waals surface area contributed by atoms with E-state index in [4.69, 9.17) is 0 Å². The second kappa shape index (κ2) is 7.93. The van der Waals surface area contributed by atoms with Gasteiger partial charge in [0, 0.05) is 0 Å². The minimum atomic E-state index is -0.0865. The monoisotopic (exact) mass is 190 g/mol. The molecule has 0 aromatic heterocycles. The van der Waals surface area contributed by atoms with Crippen molar-refractivity contribution in [3.63, 3.8) is 0 Å². The fraction of sp³-hybridized carbons (Fsp3) is 1.00. The van der Waals surface area contributed by atoms with E-state index in [9.17, 15) is 5.11 Å². The molecule has 2 unspecified atom stereocenters. The van der Waals surface area contributed by atoms with Crippen LogP contribution in [0.5, 0.6) is 0 Å². The molecule has 0 spiro atoms. The lowest BCUT2D eigenvalue weighted by Gasteiger charge is -2.16. The summed E-state index contributed by atoms with van der Waals surface area (Å²) < 4.78 is 0. The van der Waals surface area contributed by atoms with Crippen molar-refractivity contribution in [3.8, 4) is 0 Å². The van der Waals surface area contributed by atoms with Gasteiger partial charge in [-0.15, -0.1) is 0 Å². The highest BCUT2D eigenvalue weighted by atomic mass is 32.2. The molecule has 0 amide bonds. The van der Waals surface area contributed by atoms with Crippen LogP contribution in [0.2, 0.25) is 0 Å². The Hall–Kier alpha value is 0.310. The van der Waals surface area contributed by atoms with Gasteiger partial charge in [0.15, 0.2) is 0 Å². The Kier molecular flexibility index (Phi) is 8.14. The lowest BCUT2D eigenvalue weighted by molar-refractivity contribution is 0.108. The average molecular weight is 190 g/mol. The molecular formula is C10H22OS. The lowest BCUT2D eigenvalue weighted by Crippen LogP contribution is -2.16. The number of rotatable bonds is 7. The Morgan fingerprint density at radius 1 is 1.33 bits per heavy atom. The molecule has 0 aromatic rings. The maximum atomic E-state index is 9.48. The van der Waals surface area contributed by atoms with Gasteiger partial charge in [-0.3, -0.25) is 0 Å². The zero-order valence-corrected chi connectivity index (χ0v) is 9.36. The summed E-state index contributed by atoms with van der Waals surface area (Å²) >= 11 is 1.99. The lowest BCUT2D eigenvalue weighted by atomic mass is 9.98. The van der Waals surface area contributed by atoms with E-state index in [1.165, 1.54) is 24.3 Å². The number of aliphatic hydroxyl groups excluding tert-OH is 1. The zero-order chi connectivity index (χ0) is 9.40. The Bertz CT molecular complexity index is 95.8. The van der Waals surface area contributed by atoms with E-state index < -0.39 is 0 Å². The molecule has 2 heteroatoms. The maximum Gasteiger partial charge on any atom is 0.0563 e. The number of aliphatic hydroxyl groups is 1. The number of hydrogen-bond acceptors (Lipinski definition) is 2. The Morgan fingerprint density at radius 3 is 2.50 bits per heavy atom. The number of hydrogen-bond donors (Lipinski definition) is 1. The first-order valence-corrected chi connectivity index (χ1v) is 6.13. The third-order valence-corrected chi connectivity index (χ3v) is 3.21. The second-order valence-corrected chi connectivity index (χ2v) is 4.69. The van der Waals surface area contributed by atoms with Crippen LogP contribution in [0.4, 0.5) is 0 Å². The van der Waals surface area contributed by atoms with Crippen molar-refractivity contribution in [2.75, 3.05) is 11.5 Å². The molecular weight excluding hydrogens is 168 g/mol. The summed E-state index contributed by atoms with van der Waals surface area (Å²) in [5.41, 5.74) is 0. The van der Waals surface area contributed by atoms with Crippen molar-refractivity contribution < 1.29 is 5.11 Å². The second-order valence-electron chi connectivity index (χ2n) is 3.29.